The summed E-state index contributed by atoms with van der Waals surface area (Å²) < 4.78 is 19.6. The molecule has 6 heteroatoms. The first kappa shape index (κ1) is 19.4. The van der Waals surface area contributed by atoms with E-state index in [0.717, 1.165) is 6.54 Å². The number of benzene rings is 2. The summed E-state index contributed by atoms with van der Waals surface area (Å²) >= 11 is 11.8. The summed E-state index contributed by atoms with van der Waals surface area (Å²) in [6.45, 7) is 1.20. The van der Waals surface area contributed by atoms with Gasteiger partial charge < -0.3 is 9.64 Å². The number of allylic oxidation sites excluding steroid dienone is 1. The van der Waals surface area contributed by atoms with Crippen LogP contribution in [0.15, 0.2) is 42.5 Å². The highest BCUT2D eigenvalue weighted by atomic mass is 35.5. The maximum Gasteiger partial charge on any atom is 0.187 e. The smallest absolute Gasteiger partial charge is 0.187 e. The zero-order valence-corrected chi connectivity index (χ0v) is 15.4. The number of ether oxygens (including phenoxy) is 1. The predicted octanol–water partition coefficient (Wildman–Crippen LogP) is 4.97. The second-order valence-electron chi connectivity index (χ2n) is 5.66. The van der Waals surface area contributed by atoms with E-state index in [0.29, 0.717) is 28.5 Å². The van der Waals surface area contributed by atoms with Crippen molar-refractivity contribution in [3.8, 4) is 5.75 Å². The largest absolute Gasteiger partial charge is 0.492 e. The third-order valence-corrected chi connectivity index (χ3v) is 3.94. The van der Waals surface area contributed by atoms with Gasteiger partial charge >= 0.3 is 0 Å². The molecule has 2 aromatic carbocycles. The first-order valence-corrected chi connectivity index (χ1v) is 8.37. The molecule has 0 aliphatic carbocycles. The number of carbonyl (C=O) groups is 1. The van der Waals surface area contributed by atoms with E-state index < -0.39 is 5.82 Å². The molecule has 0 aliphatic heterocycles. The minimum Gasteiger partial charge on any atom is -0.492 e. The fraction of sp³-hybridized carbons (Fsp3) is 0.211. The fourth-order valence-corrected chi connectivity index (χ4v) is 2.53. The quantitative estimate of drug-likeness (QED) is 0.500. The molecule has 3 nitrogen and oxygen atoms in total. The van der Waals surface area contributed by atoms with Crippen molar-refractivity contribution in [2.45, 2.75) is 0 Å². The van der Waals surface area contributed by atoms with Crippen LogP contribution in [0.3, 0.4) is 0 Å². The normalized spacial score (nSPS) is 11.3. The maximum absolute atomic E-state index is 14.1. The summed E-state index contributed by atoms with van der Waals surface area (Å²) in [7, 11) is 3.86. The van der Waals surface area contributed by atoms with Crippen molar-refractivity contribution in [3.63, 3.8) is 0 Å². The summed E-state index contributed by atoms with van der Waals surface area (Å²) in [6.07, 6.45) is 2.69. The Labute approximate surface area is 156 Å². The Morgan fingerprint density at radius 3 is 2.60 bits per heavy atom. The Bertz CT molecular complexity index is 791. The Balaban J connectivity index is 2.06. The van der Waals surface area contributed by atoms with Crippen LogP contribution in [0.2, 0.25) is 10.0 Å². The van der Waals surface area contributed by atoms with Crippen LogP contribution in [0.4, 0.5) is 4.39 Å². The number of nitrogens with zero attached hydrogens (tertiary/aromatic N) is 1. The molecule has 0 saturated carbocycles. The summed E-state index contributed by atoms with van der Waals surface area (Å²) in [5.74, 6) is -0.343. The van der Waals surface area contributed by atoms with E-state index in [-0.39, 0.29) is 10.8 Å². The molecular weight excluding hydrogens is 364 g/mol. The van der Waals surface area contributed by atoms with Crippen molar-refractivity contribution in [1.82, 2.24) is 4.90 Å². The van der Waals surface area contributed by atoms with Crippen LogP contribution < -0.4 is 4.74 Å². The second kappa shape index (κ2) is 8.99. The number of hydrogen-bond donors (Lipinski definition) is 0. The molecule has 2 aromatic rings. The lowest BCUT2D eigenvalue weighted by atomic mass is 10.1. The van der Waals surface area contributed by atoms with Crippen molar-refractivity contribution in [2.24, 2.45) is 0 Å². The fourth-order valence-electron chi connectivity index (χ4n) is 2.02. The molecule has 0 aliphatic rings. The van der Waals surface area contributed by atoms with Gasteiger partial charge in [-0.3, -0.25) is 4.79 Å². The average molecular weight is 382 g/mol. The molecule has 2 rings (SSSR count). The molecule has 0 spiro atoms. The minimum atomic E-state index is -0.464. The third-order valence-electron chi connectivity index (χ3n) is 3.39. The van der Waals surface area contributed by atoms with Gasteiger partial charge in [-0.15, -0.1) is 0 Å². The summed E-state index contributed by atoms with van der Waals surface area (Å²) in [5, 5.41) is 0.702. The van der Waals surface area contributed by atoms with Crippen LogP contribution in [-0.2, 0) is 0 Å². The maximum atomic E-state index is 14.1. The molecule has 0 amide bonds. The third kappa shape index (κ3) is 5.85. The monoisotopic (exact) mass is 381 g/mol. The Morgan fingerprint density at radius 2 is 1.96 bits per heavy atom. The van der Waals surface area contributed by atoms with E-state index >= 15 is 0 Å². The van der Waals surface area contributed by atoms with E-state index in [1.165, 1.54) is 30.4 Å². The van der Waals surface area contributed by atoms with Crippen molar-refractivity contribution < 1.29 is 13.9 Å². The number of halogens is 3. The number of ketones is 1. The summed E-state index contributed by atoms with van der Waals surface area (Å²) in [5.41, 5.74) is 0.602. The van der Waals surface area contributed by atoms with Crippen LogP contribution in [0.5, 0.6) is 5.75 Å². The van der Waals surface area contributed by atoms with Crippen LogP contribution in [0.1, 0.15) is 15.9 Å². The Hall–Kier alpha value is -1.88. The molecular formula is C19H18Cl2FNO2. The van der Waals surface area contributed by atoms with Crippen molar-refractivity contribution in [1.29, 1.82) is 0 Å². The van der Waals surface area contributed by atoms with Gasteiger partial charge in [-0.2, -0.15) is 0 Å². The van der Waals surface area contributed by atoms with Gasteiger partial charge in [0.15, 0.2) is 5.78 Å². The zero-order chi connectivity index (χ0) is 18.4. The molecule has 0 aromatic heterocycles. The molecule has 0 heterocycles. The Kier molecular flexibility index (Phi) is 7.00. The van der Waals surface area contributed by atoms with Gasteiger partial charge in [-0.1, -0.05) is 23.2 Å². The van der Waals surface area contributed by atoms with Gasteiger partial charge in [-0.25, -0.2) is 4.39 Å². The minimum absolute atomic E-state index is 0.257. The highest BCUT2D eigenvalue weighted by Gasteiger charge is 2.08. The van der Waals surface area contributed by atoms with E-state index in [1.807, 2.05) is 19.0 Å². The first-order valence-electron chi connectivity index (χ1n) is 7.61. The van der Waals surface area contributed by atoms with Crippen molar-refractivity contribution in [2.75, 3.05) is 27.2 Å². The lowest BCUT2D eigenvalue weighted by Gasteiger charge is -2.11. The number of hydrogen-bond acceptors (Lipinski definition) is 3. The first-order chi connectivity index (χ1) is 11.9. The van der Waals surface area contributed by atoms with E-state index in [1.54, 1.807) is 18.2 Å². The Morgan fingerprint density at radius 1 is 1.20 bits per heavy atom. The zero-order valence-electron chi connectivity index (χ0n) is 13.9. The summed E-state index contributed by atoms with van der Waals surface area (Å²) in [4.78, 5) is 14.1. The molecule has 0 N–H and O–H groups in total. The van der Waals surface area contributed by atoms with E-state index in [4.69, 9.17) is 27.9 Å². The molecule has 0 fully saturated rings. The number of carbonyl (C=O) groups excluding carboxylic acids is 1. The number of likely N-dealkylation sites (N-methyl/N-ethyl adjacent to an activating group) is 1. The highest BCUT2D eigenvalue weighted by molar-refractivity contribution is 6.37. The van der Waals surface area contributed by atoms with Crippen LogP contribution in [0, 0.1) is 5.82 Å². The molecule has 0 atom stereocenters. The van der Waals surface area contributed by atoms with Crippen molar-refractivity contribution in [3.05, 3.63) is 69.5 Å². The topological polar surface area (TPSA) is 29.5 Å². The predicted molar refractivity (Wildman–Crippen MR) is 100 cm³/mol. The average Bonchev–Trinajstić information content (AvgIpc) is 2.53. The lowest BCUT2D eigenvalue weighted by Crippen LogP contribution is -2.19. The number of rotatable bonds is 7. The van der Waals surface area contributed by atoms with Gasteiger partial charge in [-0.05, 0) is 56.6 Å². The molecule has 0 saturated heterocycles. The van der Waals surface area contributed by atoms with Gasteiger partial charge in [0.25, 0.3) is 0 Å². The van der Waals surface area contributed by atoms with Gasteiger partial charge in [0.1, 0.15) is 18.2 Å². The van der Waals surface area contributed by atoms with Gasteiger partial charge in [0.2, 0.25) is 0 Å². The highest BCUT2D eigenvalue weighted by Crippen LogP contribution is 2.22. The lowest BCUT2D eigenvalue weighted by molar-refractivity contribution is 0.104. The SMILES string of the molecule is CN(C)CCOc1ccc(C=CC(=O)c2ccc(Cl)cc2Cl)c(F)c1. The van der Waals surface area contributed by atoms with Crippen LogP contribution in [-0.4, -0.2) is 37.9 Å². The molecule has 0 bridgehead atoms. The molecule has 25 heavy (non-hydrogen) atoms. The van der Waals surface area contributed by atoms with E-state index in [9.17, 15) is 9.18 Å². The second-order valence-corrected chi connectivity index (χ2v) is 6.50. The van der Waals surface area contributed by atoms with Crippen LogP contribution in [0.25, 0.3) is 6.08 Å². The van der Waals surface area contributed by atoms with Gasteiger partial charge in [0, 0.05) is 28.8 Å². The molecule has 132 valence electrons. The molecule has 0 unspecified atom stereocenters. The summed E-state index contributed by atoms with van der Waals surface area (Å²) in [6, 6.07) is 9.13. The molecule has 0 radical (unpaired) electrons. The van der Waals surface area contributed by atoms with E-state index in [2.05, 4.69) is 0 Å². The standard InChI is InChI=1S/C19H18Cl2FNO2/c1-23(2)9-10-25-15-6-3-13(18(22)12-15)4-8-19(24)16-7-5-14(20)11-17(16)21/h3-8,11-12H,9-10H2,1-2H3. The van der Waals surface area contributed by atoms with Crippen molar-refractivity contribution >= 4 is 35.1 Å². The van der Waals surface area contributed by atoms with Gasteiger partial charge in [0.05, 0.1) is 5.02 Å². The van der Waals surface area contributed by atoms with Crippen LogP contribution >= 0.6 is 23.2 Å².